The maximum atomic E-state index is 12.0. The van der Waals surface area contributed by atoms with Crippen molar-refractivity contribution in [3.8, 4) is 0 Å². The maximum Gasteiger partial charge on any atom is 0.410 e. The summed E-state index contributed by atoms with van der Waals surface area (Å²) in [6.45, 7) is 8.62. The highest BCUT2D eigenvalue weighted by Gasteiger charge is 2.36. The van der Waals surface area contributed by atoms with Crippen molar-refractivity contribution in [3.63, 3.8) is 0 Å². The number of hydrogen-bond acceptors (Lipinski definition) is 3. The number of likely N-dealkylation sites (tertiary alicyclic amines) is 1. The number of carbonyl (C=O) groups is 1. The van der Waals surface area contributed by atoms with Crippen LogP contribution in [0.3, 0.4) is 0 Å². The fourth-order valence-corrected chi connectivity index (χ4v) is 2.53. The van der Waals surface area contributed by atoms with Gasteiger partial charge in [0.15, 0.2) is 0 Å². The highest BCUT2D eigenvalue weighted by atomic mass is 16.6. The second kappa shape index (κ2) is 4.24. The molecule has 0 saturated carbocycles. The van der Waals surface area contributed by atoms with E-state index in [1.54, 1.807) is 0 Å². The summed E-state index contributed by atoms with van der Waals surface area (Å²) in [4.78, 5) is 13.9. The summed E-state index contributed by atoms with van der Waals surface area (Å²) in [6, 6.07) is 0.336. The van der Waals surface area contributed by atoms with Gasteiger partial charge in [0.05, 0.1) is 0 Å². The van der Waals surface area contributed by atoms with Crippen LogP contribution in [-0.2, 0) is 4.74 Å². The molecule has 1 N–H and O–H groups in total. The molecule has 2 aliphatic heterocycles. The van der Waals surface area contributed by atoms with Gasteiger partial charge in [0, 0.05) is 19.1 Å². The molecule has 0 aromatic rings. The number of rotatable bonds is 0. The van der Waals surface area contributed by atoms with Crippen LogP contribution < -0.4 is 5.32 Å². The quantitative estimate of drug-likeness (QED) is 0.682. The zero-order valence-corrected chi connectivity index (χ0v) is 10.5. The van der Waals surface area contributed by atoms with Crippen LogP contribution in [0.25, 0.3) is 0 Å². The Bertz CT molecular complexity index is 273. The summed E-state index contributed by atoms with van der Waals surface area (Å²) in [6.07, 6.45) is 2.08. The predicted molar refractivity (Wildman–Crippen MR) is 62.3 cm³/mol. The first-order chi connectivity index (χ1) is 7.46. The van der Waals surface area contributed by atoms with Gasteiger partial charge >= 0.3 is 6.09 Å². The Kier molecular flexibility index (Phi) is 3.10. The van der Waals surface area contributed by atoms with Gasteiger partial charge in [-0.15, -0.1) is 0 Å². The van der Waals surface area contributed by atoms with Crippen molar-refractivity contribution in [2.45, 2.75) is 45.3 Å². The molecule has 4 heteroatoms. The lowest BCUT2D eigenvalue weighted by atomic mass is 9.88. The van der Waals surface area contributed by atoms with Crippen LogP contribution >= 0.6 is 0 Å². The molecule has 4 nitrogen and oxygen atoms in total. The largest absolute Gasteiger partial charge is 0.444 e. The van der Waals surface area contributed by atoms with Crippen molar-refractivity contribution < 1.29 is 9.53 Å². The van der Waals surface area contributed by atoms with Crippen LogP contribution in [0.1, 0.15) is 33.6 Å². The minimum atomic E-state index is -0.393. The van der Waals surface area contributed by atoms with E-state index >= 15 is 0 Å². The molecule has 92 valence electrons. The van der Waals surface area contributed by atoms with Crippen molar-refractivity contribution in [1.82, 2.24) is 10.2 Å². The second-order valence-electron chi connectivity index (χ2n) is 5.88. The number of ether oxygens (including phenoxy) is 1. The van der Waals surface area contributed by atoms with E-state index in [1.165, 1.54) is 0 Å². The molecule has 2 saturated heterocycles. The van der Waals surface area contributed by atoms with Gasteiger partial charge in [-0.25, -0.2) is 4.79 Å². The van der Waals surface area contributed by atoms with E-state index in [-0.39, 0.29) is 6.09 Å². The zero-order chi connectivity index (χ0) is 11.8. The molecule has 0 spiro atoms. The summed E-state index contributed by atoms with van der Waals surface area (Å²) in [5, 5.41) is 3.39. The topological polar surface area (TPSA) is 41.6 Å². The summed E-state index contributed by atoms with van der Waals surface area (Å²) < 4.78 is 5.43. The lowest BCUT2D eigenvalue weighted by molar-refractivity contribution is -0.000119. The number of piperidine rings is 2. The molecule has 0 radical (unpaired) electrons. The van der Waals surface area contributed by atoms with E-state index in [0.29, 0.717) is 6.04 Å². The van der Waals surface area contributed by atoms with Crippen molar-refractivity contribution in [2.75, 3.05) is 19.6 Å². The molecule has 2 bridgehead atoms. The third kappa shape index (κ3) is 2.67. The van der Waals surface area contributed by atoms with E-state index < -0.39 is 5.60 Å². The molecular weight excluding hydrogens is 204 g/mol. The minimum absolute atomic E-state index is 0.153. The van der Waals surface area contributed by atoms with Crippen LogP contribution in [0.15, 0.2) is 0 Å². The van der Waals surface area contributed by atoms with Crippen LogP contribution in [0.2, 0.25) is 0 Å². The van der Waals surface area contributed by atoms with Crippen molar-refractivity contribution >= 4 is 6.09 Å². The fraction of sp³-hybridized carbons (Fsp3) is 0.917. The Morgan fingerprint density at radius 1 is 1.38 bits per heavy atom. The van der Waals surface area contributed by atoms with Crippen LogP contribution in [0.5, 0.6) is 0 Å². The Balaban J connectivity index is 1.96. The molecule has 2 heterocycles. The van der Waals surface area contributed by atoms with Crippen molar-refractivity contribution in [3.05, 3.63) is 0 Å². The van der Waals surface area contributed by atoms with Gasteiger partial charge in [0.25, 0.3) is 0 Å². The molecule has 16 heavy (non-hydrogen) atoms. The first-order valence-electron chi connectivity index (χ1n) is 6.16. The summed E-state index contributed by atoms with van der Waals surface area (Å²) in [5.41, 5.74) is -0.393. The molecule has 2 rings (SSSR count). The Morgan fingerprint density at radius 3 is 2.81 bits per heavy atom. The van der Waals surface area contributed by atoms with Gasteiger partial charge in [-0.05, 0) is 46.1 Å². The number of nitrogens with one attached hydrogen (secondary N) is 1. The average molecular weight is 226 g/mol. The molecule has 0 unspecified atom stereocenters. The van der Waals surface area contributed by atoms with Gasteiger partial charge in [0.1, 0.15) is 5.60 Å². The van der Waals surface area contributed by atoms with Gasteiger partial charge in [-0.3, -0.25) is 0 Å². The molecule has 1 amide bonds. The van der Waals surface area contributed by atoms with Gasteiger partial charge in [-0.2, -0.15) is 0 Å². The van der Waals surface area contributed by atoms with E-state index in [4.69, 9.17) is 4.74 Å². The molecule has 0 aromatic carbocycles. The third-order valence-electron chi connectivity index (χ3n) is 3.27. The highest BCUT2D eigenvalue weighted by molar-refractivity contribution is 5.68. The third-order valence-corrected chi connectivity index (χ3v) is 3.27. The van der Waals surface area contributed by atoms with Crippen LogP contribution in [0, 0.1) is 5.92 Å². The summed E-state index contributed by atoms with van der Waals surface area (Å²) >= 11 is 0. The molecule has 2 fully saturated rings. The standard InChI is InChI=1S/C12H22N2O2/c1-12(2,3)16-11(15)14-5-4-9-6-10(14)8-13-7-9/h9-10,13H,4-8H2,1-3H3/t9-,10+/m0/s1. The van der Waals surface area contributed by atoms with Gasteiger partial charge in [-0.1, -0.05) is 0 Å². The molecule has 2 aliphatic rings. The maximum absolute atomic E-state index is 12.0. The minimum Gasteiger partial charge on any atom is -0.444 e. The first-order valence-corrected chi connectivity index (χ1v) is 6.16. The normalized spacial score (nSPS) is 30.1. The van der Waals surface area contributed by atoms with Gasteiger partial charge in [0.2, 0.25) is 0 Å². The number of nitrogens with zero attached hydrogens (tertiary/aromatic N) is 1. The van der Waals surface area contributed by atoms with Crippen molar-refractivity contribution in [1.29, 1.82) is 0 Å². The smallest absolute Gasteiger partial charge is 0.410 e. The summed E-state index contributed by atoms with van der Waals surface area (Å²) in [5.74, 6) is 0.748. The van der Waals surface area contributed by atoms with E-state index in [2.05, 4.69) is 5.32 Å². The monoisotopic (exact) mass is 226 g/mol. The molecule has 2 atom stereocenters. The number of hydrogen-bond donors (Lipinski definition) is 1. The van der Waals surface area contributed by atoms with Crippen molar-refractivity contribution in [2.24, 2.45) is 5.92 Å². The highest BCUT2D eigenvalue weighted by Crippen LogP contribution is 2.26. The Morgan fingerprint density at radius 2 is 2.12 bits per heavy atom. The van der Waals surface area contributed by atoms with E-state index in [1.807, 2.05) is 25.7 Å². The summed E-state index contributed by atoms with van der Waals surface area (Å²) in [7, 11) is 0. The second-order valence-corrected chi connectivity index (χ2v) is 5.88. The zero-order valence-electron chi connectivity index (χ0n) is 10.5. The lowest BCUT2D eigenvalue weighted by Crippen LogP contribution is -2.56. The SMILES string of the molecule is CC(C)(C)OC(=O)N1CC[C@@H]2CNC[C@H]1C2. The number of amides is 1. The average Bonchev–Trinajstić information content (AvgIpc) is 2.15. The van der Waals surface area contributed by atoms with E-state index in [9.17, 15) is 4.79 Å². The number of fused-ring (bicyclic) bond motifs is 2. The predicted octanol–water partition coefficient (Wildman–Crippen LogP) is 1.61. The van der Waals surface area contributed by atoms with Crippen LogP contribution in [0.4, 0.5) is 4.79 Å². The number of carbonyl (C=O) groups excluding carboxylic acids is 1. The Hall–Kier alpha value is -0.770. The molecule has 0 aromatic heterocycles. The van der Waals surface area contributed by atoms with Crippen LogP contribution in [-0.4, -0.2) is 42.3 Å². The van der Waals surface area contributed by atoms with Gasteiger partial charge < -0.3 is 15.0 Å². The fourth-order valence-electron chi connectivity index (χ4n) is 2.53. The first kappa shape index (κ1) is 11.7. The van der Waals surface area contributed by atoms with E-state index in [0.717, 1.165) is 38.4 Å². The lowest BCUT2D eigenvalue weighted by Gasteiger charge is -2.43. The molecular formula is C12H22N2O2. The Labute approximate surface area is 97.3 Å². The molecule has 0 aliphatic carbocycles.